The van der Waals surface area contributed by atoms with E-state index in [0.29, 0.717) is 17.5 Å². The van der Waals surface area contributed by atoms with Crippen LogP contribution in [-0.2, 0) is 4.79 Å². The number of rotatable bonds is 8. The highest BCUT2D eigenvalue weighted by molar-refractivity contribution is 8.00. The number of carbonyl (C=O) groups is 1. The number of carbonyl (C=O) groups excluding carboxylic acids is 1. The second-order valence-corrected chi connectivity index (χ2v) is 9.08. The summed E-state index contributed by atoms with van der Waals surface area (Å²) < 4.78 is 7.46. The molecular weight excluding hydrogens is 408 g/mol. The van der Waals surface area contributed by atoms with Gasteiger partial charge in [-0.15, -0.1) is 10.2 Å². The molecule has 0 saturated carbocycles. The Balaban J connectivity index is 1.48. The maximum atomic E-state index is 12.7. The normalized spacial score (nSPS) is 14.8. The monoisotopic (exact) mass is 436 g/mol. The standard InChI is InChI=1S/C24H28N4O2S/c1-17-21(14-16-30-17)22-26-27-24(28(22)20-11-7-4-8-12-20)31-18(2)23(29)25-15-13-19-9-5-3-6-10-19/h4,7-9,11-12,14,16,18H,3,5-6,10,13,15H2,1-2H3,(H,25,29). The molecule has 2 heterocycles. The van der Waals surface area contributed by atoms with Crippen LogP contribution in [0.5, 0.6) is 0 Å². The van der Waals surface area contributed by atoms with Crippen molar-refractivity contribution in [3.8, 4) is 17.1 Å². The molecule has 6 nitrogen and oxygen atoms in total. The zero-order chi connectivity index (χ0) is 21.6. The molecule has 0 spiro atoms. The average Bonchev–Trinajstić information content (AvgIpc) is 3.40. The maximum absolute atomic E-state index is 12.7. The topological polar surface area (TPSA) is 72.9 Å². The number of nitrogens with one attached hydrogen (secondary N) is 1. The lowest BCUT2D eigenvalue weighted by atomic mass is 9.97. The van der Waals surface area contributed by atoms with Crippen molar-refractivity contribution in [3.63, 3.8) is 0 Å². The molecule has 1 aliphatic rings. The first-order valence-electron chi connectivity index (χ1n) is 10.8. The van der Waals surface area contributed by atoms with Crippen LogP contribution in [0.25, 0.3) is 17.1 Å². The number of benzene rings is 1. The summed E-state index contributed by atoms with van der Waals surface area (Å²) in [4.78, 5) is 12.7. The summed E-state index contributed by atoms with van der Waals surface area (Å²) in [6, 6.07) is 11.8. The van der Waals surface area contributed by atoms with Crippen molar-refractivity contribution in [1.82, 2.24) is 20.1 Å². The number of amides is 1. The minimum atomic E-state index is -0.287. The van der Waals surface area contributed by atoms with Gasteiger partial charge in [0.1, 0.15) is 5.76 Å². The Hall–Kier alpha value is -2.80. The molecule has 1 unspecified atom stereocenters. The average molecular weight is 437 g/mol. The van der Waals surface area contributed by atoms with Crippen LogP contribution in [0.4, 0.5) is 0 Å². The summed E-state index contributed by atoms with van der Waals surface area (Å²) in [6.45, 7) is 4.50. The number of allylic oxidation sites excluding steroid dienone is 1. The van der Waals surface area contributed by atoms with E-state index in [1.807, 2.05) is 54.8 Å². The van der Waals surface area contributed by atoms with Gasteiger partial charge in [0.25, 0.3) is 0 Å². The third-order valence-electron chi connectivity index (χ3n) is 5.53. The molecule has 3 aromatic rings. The van der Waals surface area contributed by atoms with Crippen LogP contribution in [0.15, 0.2) is 63.9 Å². The van der Waals surface area contributed by atoms with Crippen molar-refractivity contribution in [3.05, 3.63) is 60.1 Å². The molecule has 0 bridgehead atoms. The van der Waals surface area contributed by atoms with Crippen LogP contribution in [0, 0.1) is 6.92 Å². The number of thioether (sulfide) groups is 1. The quantitative estimate of drug-likeness (QED) is 0.382. The van der Waals surface area contributed by atoms with Gasteiger partial charge in [-0.05, 0) is 64.2 Å². The fourth-order valence-corrected chi connectivity index (χ4v) is 4.67. The Morgan fingerprint density at radius 1 is 1.23 bits per heavy atom. The largest absolute Gasteiger partial charge is 0.469 e. The zero-order valence-electron chi connectivity index (χ0n) is 18.0. The molecular formula is C24H28N4O2S. The molecule has 1 aromatic carbocycles. The van der Waals surface area contributed by atoms with Gasteiger partial charge in [-0.1, -0.05) is 41.6 Å². The maximum Gasteiger partial charge on any atom is 0.233 e. The van der Waals surface area contributed by atoms with Crippen molar-refractivity contribution < 1.29 is 9.21 Å². The first kappa shape index (κ1) is 21.4. The van der Waals surface area contributed by atoms with Crippen LogP contribution in [0.1, 0.15) is 44.8 Å². The first-order chi connectivity index (χ1) is 15.1. The summed E-state index contributed by atoms with van der Waals surface area (Å²) in [7, 11) is 0. The molecule has 1 amide bonds. The van der Waals surface area contributed by atoms with Gasteiger partial charge < -0.3 is 9.73 Å². The SMILES string of the molecule is Cc1occc1-c1nnc(SC(C)C(=O)NCCC2=CCCCC2)n1-c1ccccc1. The molecule has 0 aliphatic heterocycles. The van der Waals surface area contributed by atoms with Gasteiger partial charge in [0.2, 0.25) is 5.91 Å². The molecule has 1 N–H and O–H groups in total. The molecule has 162 valence electrons. The Morgan fingerprint density at radius 2 is 2.06 bits per heavy atom. The van der Waals surface area contributed by atoms with Gasteiger partial charge in [0, 0.05) is 12.2 Å². The van der Waals surface area contributed by atoms with E-state index >= 15 is 0 Å². The summed E-state index contributed by atoms with van der Waals surface area (Å²) in [5.74, 6) is 1.51. The lowest BCUT2D eigenvalue weighted by Crippen LogP contribution is -2.32. The van der Waals surface area contributed by atoms with Crippen molar-refractivity contribution in [2.75, 3.05) is 6.54 Å². The van der Waals surface area contributed by atoms with Gasteiger partial charge >= 0.3 is 0 Å². The Kier molecular flexibility index (Phi) is 6.92. The van der Waals surface area contributed by atoms with Crippen molar-refractivity contribution in [2.45, 2.75) is 56.4 Å². The van der Waals surface area contributed by atoms with E-state index < -0.39 is 0 Å². The van der Waals surface area contributed by atoms with Crippen LogP contribution in [-0.4, -0.2) is 32.5 Å². The predicted molar refractivity (Wildman–Crippen MR) is 123 cm³/mol. The van der Waals surface area contributed by atoms with E-state index in [-0.39, 0.29) is 11.2 Å². The van der Waals surface area contributed by atoms with Gasteiger partial charge in [0.15, 0.2) is 11.0 Å². The Bertz CT molecular complexity index is 1050. The molecule has 7 heteroatoms. The van der Waals surface area contributed by atoms with Gasteiger partial charge in [0.05, 0.1) is 17.1 Å². The highest BCUT2D eigenvalue weighted by atomic mass is 32.2. The minimum Gasteiger partial charge on any atom is -0.469 e. The fraction of sp³-hybridized carbons (Fsp3) is 0.375. The molecule has 0 saturated heterocycles. The molecule has 0 radical (unpaired) electrons. The second kappa shape index (κ2) is 10.0. The number of hydrogen-bond acceptors (Lipinski definition) is 5. The number of furan rings is 1. The zero-order valence-corrected chi connectivity index (χ0v) is 18.8. The highest BCUT2D eigenvalue weighted by Gasteiger charge is 2.23. The van der Waals surface area contributed by atoms with Crippen LogP contribution in [0.2, 0.25) is 0 Å². The van der Waals surface area contributed by atoms with Crippen molar-refractivity contribution >= 4 is 17.7 Å². The van der Waals surface area contributed by atoms with Crippen molar-refractivity contribution in [1.29, 1.82) is 0 Å². The third kappa shape index (κ3) is 5.10. The Labute approximate surface area is 187 Å². The Morgan fingerprint density at radius 3 is 2.77 bits per heavy atom. The molecule has 1 atom stereocenters. The van der Waals surface area contributed by atoms with E-state index in [9.17, 15) is 4.79 Å². The van der Waals surface area contributed by atoms with Crippen molar-refractivity contribution in [2.24, 2.45) is 0 Å². The molecule has 0 fully saturated rings. The highest BCUT2D eigenvalue weighted by Crippen LogP contribution is 2.31. The predicted octanol–water partition coefficient (Wildman–Crippen LogP) is 5.32. The van der Waals surface area contributed by atoms with Crippen LogP contribution >= 0.6 is 11.8 Å². The third-order valence-corrected chi connectivity index (χ3v) is 6.57. The van der Waals surface area contributed by atoms with E-state index in [1.165, 1.54) is 36.6 Å². The van der Waals surface area contributed by atoms with E-state index in [1.54, 1.807) is 6.26 Å². The van der Waals surface area contributed by atoms with E-state index in [0.717, 1.165) is 29.9 Å². The van der Waals surface area contributed by atoms with Crippen LogP contribution in [0.3, 0.4) is 0 Å². The van der Waals surface area contributed by atoms with E-state index in [2.05, 4.69) is 21.6 Å². The smallest absolute Gasteiger partial charge is 0.233 e. The lowest BCUT2D eigenvalue weighted by molar-refractivity contribution is -0.120. The second-order valence-electron chi connectivity index (χ2n) is 7.78. The molecule has 1 aliphatic carbocycles. The van der Waals surface area contributed by atoms with Gasteiger partial charge in [-0.2, -0.15) is 0 Å². The fourth-order valence-electron chi connectivity index (χ4n) is 3.78. The molecule has 4 rings (SSSR count). The number of aromatic nitrogens is 3. The van der Waals surface area contributed by atoms with E-state index in [4.69, 9.17) is 4.42 Å². The number of aryl methyl sites for hydroxylation is 1. The van der Waals surface area contributed by atoms with Gasteiger partial charge in [-0.25, -0.2) is 0 Å². The summed E-state index contributed by atoms with van der Waals surface area (Å²) >= 11 is 1.42. The van der Waals surface area contributed by atoms with Crippen LogP contribution < -0.4 is 5.32 Å². The summed E-state index contributed by atoms with van der Waals surface area (Å²) in [6.07, 6.45) is 9.80. The number of hydrogen-bond donors (Lipinski definition) is 1. The summed E-state index contributed by atoms with van der Waals surface area (Å²) in [5, 5.41) is 12.3. The molecule has 2 aromatic heterocycles. The number of nitrogens with zero attached hydrogens (tertiary/aromatic N) is 3. The first-order valence-corrected chi connectivity index (χ1v) is 11.7. The number of para-hydroxylation sites is 1. The molecule has 31 heavy (non-hydrogen) atoms. The minimum absolute atomic E-state index is 0.0186. The summed E-state index contributed by atoms with van der Waals surface area (Å²) in [5.41, 5.74) is 3.30. The van der Waals surface area contributed by atoms with Gasteiger partial charge in [-0.3, -0.25) is 9.36 Å². The lowest BCUT2D eigenvalue weighted by Gasteiger charge is -2.15.